The molecule has 1 amide bonds. The highest BCUT2D eigenvalue weighted by Gasteiger charge is 2.28. The van der Waals surface area contributed by atoms with Crippen molar-refractivity contribution < 1.29 is 18.3 Å². The standard InChI is InChI=1S/C14H18F2N2O2/c15-14(16)20-12-4-2-1-3-11(12)9-17-7-8-18-13(19)10-5-6-10/h1-4,10,14,17H,5-9H2,(H,18,19). The van der Waals surface area contributed by atoms with E-state index >= 15 is 0 Å². The highest BCUT2D eigenvalue weighted by atomic mass is 19.3. The summed E-state index contributed by atoms with van der Waals surface area (Å²) in [5.41, 5.74) is 0.668. The van der Waals surface area contributed by atoms with Crippen molar-refractivity contribution in [3.63, 3.8) is 0 Å². The molecule has 2 N–H and O–H groups in total. The van der Waals surface area contributed by atoms with Crippen molar-refractivity contribution >= 4 is 5.91 Å². The molecule has 6 heteroatoms. The predicted octanol–water partition coefficient (Wildman–Crippen LogP) is 1.90. The maximum atomic E-state index is 12.2. The molecule has 0 bridgehead atoms. The van der Waals surface area contributed by atoms with E-state index in [0.29, 0.717) is 25.2 Å². The number of carbonyl (C=O) groups excluding carboxylic acids is 1. The average molecular weight is 284 g/mol. The Morgan fingerprint density at radius 3 is 2.75 bits per heavy atom. The third-order valence-corrected chi connectivity index (χ3v) is 3.05. The van der Waals surface area contributed by atoms with Gasteiger partial charge in [-0.1, -0.05) is 18.2 Å². The molecule has 0 aliphatic heterocycles. The highest BCUT2D eigenvalue weighted by molar-refractivity contribution is 5.80. The molecule has 1 saturated carbocycles. The number of alkyl halides is 2. The zero-order chi connectivity index (χ0) is 14.4. The van der Waals surface area contributed by atoms with Crippen LogP contribution in [-0.2, 0) is 11.3 Å². The first-order chi connectivity index (χ1) is 9.66. The Balaban J connectivity index is 1.69. The Hall–Kier alpha value is -1.69. The number of hydrogen-bond acceptors (Lipinski definition) is 3. The van der Waals surface area contributed by atoms with Gasteiger partial charge in [-0.2, -0.15) is 8.78 Å². The SMILES string of the molecule is O=C(NCCNCc1ccccc1OC(F)F)C1CC1. The number of rotatable bonds is 8. The molecule has 0 atom stereocenters. The topological polar surface area (TPSA) is 50.4 Å². The van der Waals surface area contributed by atoms with Gasteiger partial charge in [-0.05, 0) is 18.9 Å². The van der Waals surface area contributed by atoms with Gasteiger partial charge in [0.25, 0.3) is 0 Å². The van der Waals surface area contributed by atoms with Crippen LogP contribution in [-0.4, -0.2) is 25.6 Å². The van der Waals surface area contributed by atoms with Gasteiger partial charge in [0.15, 0.2) is 0 Å². The first kappa shape index (κ1) is 14.7. The zero-order valence-corrected chi connectivity index (χ0v) is 11.1. The minimum atomic E-state index is -2.83. The van der Waals surface area contributed by atoms with Gasteiger partial charge in [-0.15, -0.1) is 0 Å². The van der Waals surface area contributed by atoms with Crippen molar-refractivity contribution in [1.29, 1.82) is 0 Å². The molecule has 0 spiro atoms. The van der Waals surface area contributed by atoms with Gasteiger partial charge in [-0.25, -0.2) is 0 Å². The Bertz CT molecular complexity index is 451. The fraction of sp³-hybridized carbons (Fsp3) is 0.500. The van der Waals surface area contributed by atoms with Crippen LogP contribution in [0.15, 0.2) is 24.3 Å². The van der Waals surface area contributed by atoms with Gasteiger partial charge in [0.05, 0.1) is 0 Å². The molecule has 1 fully saturated rings. The Kier molecular flexibility index (Phi) is 5.29. The maximum absolute atomic E-state index is 12.2. The van der Waals surface area contributed by atoms with Crippen LogP contribution < -0.4 is 15.4 Å². The fourth-order valence-corrected chi connectivity index (χ4v) is 1.85. The lowest BCUT2D eigenvalue weighted by atomic mass is 10.2. The zero-order valence-electron chi connectivity index (χ0n) is 11.1. The number of nitrogens with one attached hydrogen (secondary N) is 2. The molecule has 0 radical (unpaired) electrons. The van der Waals surface area contributed by atoms with Crippen molar-refractivity contribution in [2.45, 2.75) is 26.0 Å². The van der Waals surface area contributed by atoms with Gasteiger partial charge >= 0.3 is 6.61 Å². The summed E-state index contributed by atoms with van der Waals surface area (Å²) in [6.07, 6.45) is 1.97. The van der Waals surface area contributed by atoms with Crippen molar-refractivity contribution in [2.75, 3.05) is 13.1 Å². The van der Waals surface area contributed by atoms with Crippen LogP contribution in [0, 0.1) is 5.92 Å². The van der Waals surface area contributed by atoms with E-state index in [4.69, 9.17) is 0 Å². The van der Waals surface area contributed by atoms with E-state index in [1.54, 1.807) is 18.2 Å². The molecule has 110 valence electrons. The van der Waals surface area contributed by atoms with Crippen LogP contribution in [0.3, 0.4) is 0 Å². The second kappa shape index (κ2) is 7.19. The number of amides is 1. The number of halogens is 2. The summed E-state index contributed by atoms with van der Waals surface area (Å²) in [7, 11) is 0. The van der Waals surface area contributed by atoms with Crippen LogP contribution in [0.5, 0.6) is 5.75 Å². The Labute approximate surface area is 116 Å². The van der Waals surface area contributed by atoms with E-state index in [0.717, 1.165) is 12.8 Å². The lowest BCUT2D eigenvalue weighted by Gasteiger charge is -2.11. The van der Waals surface area contributed by atoms with Crippen molar-refractivity contribution in [3.8, 4) is 5.75 Å². The monoisotopic (exact) mass is 284 g/mol. The van der Waals surface area contributed by atoms with Gasteiger partial charge < -0.3 is 15.4 Å². The lowest BCUT2D eigenvalue weighted by Crippen LogP contribution is -2.32. The Morgan fingerprint density at radius 1 is 1.30 bits per heavy atom. The third kappa shape index (κ3) is 4.77. The molecule has 0 heterocycles. The van der Waals surface area contributed by atoms with Crippen LogP contribution in [0.4, 0.5) is 8.78 Å². The summed E-state index contributed by atoms with van der Waals surface area (Å²) < 4.78 is 28.9. The van der Waals surface area contributed by atoms with Crippen LogP contribution >= 0.6 is 0 Å². The largest absolute Gasteiger partial charge is 0.434 e. The molecule has 0 saturated heterocycles. The van der Waals surface area contributed by atoms with Gasteiger partial charge in [-0.3, -0.25) is 4.79 Å². The number of benzene rings is 1. The van der Waals surface area contributed by atoms with Gasteiger partial charge in [0.1, 0.15) is 5.75 Å². The van der Waals surface area contributed by atoms with Crippen molar-refractivity contribution in [1.82, 2.24) is 10.6 Å². The van der Waals surface area contributed by atoms with Crippen LogP contribution in [0.25, 0.3) is 0 Å². The van der Waals surface area contributed by atoms with Gasteiger partial charge in [0.2, 0.25) is 5.91 Å². The van der Waals surface area contributed by atoms with Gasteiger partial charge in [0, 0.05) is 31.1 Å². The summed E-state index contributed by atoms with van der Waals surface area (Å²) in [6, 6.07) is 6.66. The summed E-state index contributed by atoms with van der Waals surface area (Å²) in [5.74, 6) is 0.486. The fourth-order valence-electron chi connectivity index (χ4n) is 1.85. The molecule has 1 aromatic carbocycles. The van der Waals surface area contributed by atoms with E-state index in [-0.39, 0.29) is 17.6 Å². The normalized spacial score (nSPS) is 14.3. The summed E-state index contributed by atoms with van der Waals surface area (Å²) in [4.78, 5) is 11.4. The van der Waals surface area contributed by atoms with E-state index in [2.05, 4.69) is 15.4 Å². The quantitative estimate of drug-likeness (QED) is 0.717. The predicted molar refractivity (Wildman–Crippen MR) is 70.5 cm³/mol. The van der Waals surface area contributed by atoms with E-state index < -0.39 is 6.61 Å². The van der Waals surface area contributed by atoms with E-state index in [1.807, 2.05) is 0 Å². The first-order valence-corrected chi connectivity index (χ1v) is 6.68. The molecule has 1 aliphatic carbocycles. The smallest absolute Gasteiger partial charge is 0.387 e. The summed E-state index contributed by atoms with van der Waals surface area (Å²) in [6.45, 7) is -1.29. The summed E-state index contributed by atoms with van der Waals surface area (Å²) >= 11 is 0. The molecular formula is C14H18F2N2O2. The lowest BCUT2D eigenvalue weighted by molar-refractivity contribution is -0.122. The first-order valence-electron chi connectivity index (χ1n) is 6.68. The molecule has 0 aromatic heterocycles. The van der Waals surface area contributed by atoms with E-state index in [9.17, 15) is 13.6 Å². The van der Waals surface area contributed by atoms with Crippen LogP contribution in [0.2, 0.25) is 0 Å². The second-order valence-corrected chi connectivity index (χ2v) is 4.73. The third-order valence-electron chi connectivity index (χ3n) is 3.05. The van der Waals surface area contributed by atoms with Crippen LogP contribution in [0.1, 0.15) is 18.4 Å². The van der Waals surface area contributed by atoms with E-state index in [1.165, 1.54) is 6.07 Å². The average Bonchev–Trinajstić information content (AvgIpc) is 3.23. The molecule has 2 rings (SSSR count). The molecular weight excluding hydrogens is 266 g/mol. The second-order valence-electron chi connectivity index (χ2n) is 4.73. The molecule has 1 aliphatic rings. The highest BCUT2D eigenvalue weighted by Crippen LogP contribution is 2.28. The molecule has 20 heavy (non-hydrogen) atoms. The van der Waals surface area contributed by atoms with Crippen molar-refractivity contribution in [2.24, 2.45) is 5.92 Å². The number of ether oxygens (including phenoxy) is 1. The number of carbonyl (C=O) groups is 1. The number of hydrogen-bond donors (Lipinski definition) is 2. The van der Waals surface area contributed by atoms with Crippen molar-refractivity contribution in [3.05, 3.63) is 29.8 Å². The molecule has 1 aromatic rings. The molecule has 0 unspecified atom stereocenters. The Morgan fingerprint density at radius 2 is 2.05 bits per heavy atom. The number of para-hydroxylation sites is 1. The molecule has 4 nitrogen and oxygen atoms in total. The minimum Gasteiger partial charge on any atom is -0.434 e. The minimum absolute atomic E-state index is 0.105. The summed E-state index contributed by atoms with van der Waals surface area (Å²) in [5, 5.41) is 5.92. The maximum Gasteiger partial charge on any atom is 0.387 e.